The van der Waals surface area contributed by atoms with Gasteiger partial charge in [-0.1, -0.05) is 26.0 Å². The summed E-state index contributed by atoms with van der Waals surface area (Å²) in [5, 5.41) is 0. The normalized spacial score (nSPS) is 13.0. The van der Waals surface area contributed by atoms with E-state index in [1.165, 1.54) is 11.3 Å². The molecule has 3 heteroatoms. The van der Waals surface area contributed by atoms with Crippen LogP contribution in [0.5, 0.6) is 0 Å². The lowest BCUT2D eigenvalue weighted by atomic mass is 10.1. The zero-order valence-electron chi connectivity index (χ0n) is 12.1. The molecule has 0 fully saturated rings. The Kier molecular flexibility index (Phi) is 4.97. The van der Waals surface area contributed by atoms with Crippen molar-refractivity contribution in [1.29, 1.82) is 0 Å². The van der Waals surface area contributed by atoms with E-state index in [9.17, 15) is 0 Å². The Morgan fingerprint density at radius 2 is 2.05 bits per heavy atom. The molecule has 1 atom stereocenters. The molecular weight excluding hydrogens is 234 g/mol. The highest BCUT2D eigenvalue weighted by Crippen LogP contribution is 2.18. The van der Waals surface area contributed by atoms with Crippen LogP contribution in [0.25, 0.3) is 11.0 Å². The number of aromatic nitrogens is 2. The number of para-hydroxylation sites is 2. The summed E-state index contributed by atoms with van der Waals surface area (Å²) in [5.74, 6) is 1.22. The Morgan fingerprint density at radius 1 is 1.26 bits per heavy atom. The van der Waals surface area contributed by atoms with Crippen molar-refractivity contribution in [3.63, 3.8) is 0 Å². The molecule has 0 aliphatic carbocycles. The predicted molar refractivity (Wildman–Crippen MR) is 81.2 cm³/mol. The quantitative estimate of drug-likeness (QED) is 0.827. The van der Waals surface area contributed by atoms with Gasteiger partial charge in [-0.25, -0.2) is 4.98 Å². The van der Waals surface area contributed by atoms with Crippen LogP contribution < -0.4 is 5.73 Å². The van der Waals surface area contributed by atoms with Crippen molar-refractivity contribution in [2.45, 2.75) is 58.5 Å². The van der Waals surface area contributed by atoms with E-state index in [0.717, 1.165) is 44.2 Å². The summed E-state index contributed by atoms with van der Waals surface area (Å²) in [7, 11) is 0. The minimum absolute atomic E-state index is 0.337. The van der Waals surface area contributed by atoms with Crippen molar-refractivity contribution in [1.82, 2.24) is 9.55 Å². The van der Waals surface area contributed by atoms with E-state index in [-0.39, 0.29) is 0 Å². The van der Waals surface area contributed by atoms with Crippen molar-refractivity contribution < 1.29 is 0 Å². The fourth-order valence-corrected chi connectivity index (χ4v) is 2.51. The van der Waals surface area contributed by atoms with Crippen molar-refractivity contribution >= 4 is 11.0 Å². The highest BCUT2D eigenvalue weighted by molar-refractivity contribution is 5.75. The summed E-state index contributed by atoms with van der Waals surface area (Å²) in [6.07, 6.45) is 5.47. The fourth-order valence-electron chi connectivity index (χ4n) is 2.51. The van der Waals surface area contributed by atoms with Gasteiger partial charge < -0.3 is 10.3 Å². The highest BCUT2D eigenvalue weighted by atomic mass is 15.1. The summed E-state index contributed by atoms with van der Waals surface area (Å²) in [4.78, 5) is 4.75. The third kappa shape index (κ3) is 3.35. The van der Waals surface area contributed by atoms with Crippen LogP contribution in [0.4, 0.5) is 0 Å². The Bertz CT molecular complexity index is 516. The number of benzene rings is 1. The van der Waals surface area contributed by atoms with Gasteiger partial charge in [0.1, 0.15) is 5.82 Å². The van der Waals surface area contributed by atoms with Gasteiger partial charge in [0.25, 0.3) is 0 Å². The Morgan fingerprint density at radius 3 is 2.79 bits per heavy atom. The Labute approximate surface area is 115 Å². The second kappa shape index (κ2) is 6.71. The molecule has 0 bridgehead atoms. The molecule has 1 heterocycles. The lowest BCUT2D eigenvalue weighted by Gasteiger charge is -2.11. The van der Waals surface area contributed by atoms with Crippen molar-refractivity contribution in [3.8, 4) is 0 Å². The van der Waals surface area contributed by atoms with E-state index in [1.54, 1.807) is 0 Å². The van der Waals surface area contributed by atoms with Gasteiger partial charge in [-0.2, -0.15) is 0 Å². The maximum absolute atomic E-state index is 6.00. The van der Waals surface area contributed by atoms with E-state index in [0.29, 0.717) is 6.04 Å². The standard InChI is InChI=1S/C16H25N3/c1-3-8-16-18-14-10-5-6-11-15(14)19(16)12-7-9-13(17)4-2/h5-6,10-11,13H,3-4,7-9,12,17H2,1-2H3. The maximum Gasteiger partial charge on any atom is 0.109 e. The summed E-state index contributed by atoms with van der Waals surface area (Å²) >= 11 is 0. The molecule has 0 amide bonds. The fraction of sp³-hybridized carbons (Fsp3) is 0.562. The molecule has 0 aliphatic heterocycles. The first-order valence-electron chi connectivity index (χ1n) is 7.46. The maximum atomic E-state index is 6.00. The first kappa shape index (κ1) is 14.1. The van der Waals surface area contributed by atoms with Crippen molar-refractivity contribution in [2.75, 3.05) is 0 Å². The number of rotatable bonds is 7. The number of imidazole rings is 1. The molecule has 19 heavy (non-hydrogen) atoms. The molecule has 2 aromatic rings. The number of nitrogens with zero attached hydrogens (tertiary/aromatic N) is 2. The van der Waals surface area contributed by atoms with Gasteiger partial charge in [0.2, 0.25) is 0 Å². The van der Waals surface area contributed by atoms with Gasteiger partial charge in [0.15, 0.2) is 0 Å². The number of hydrogen-bond donors (Lipinski definition) is 1. The summed E-state index contributed by atoms with van der Waals surface area (Å²) < 4.78 is 2.38. The van der Waals surface area contributed by atoms with E-state index in [4.69, 9.17) is 10.7 Å². The summed E-state index contributed by atoms with van der Waals surface area (Å²) in [6.45, 7) is 5.39. The van der Waals surface area contributed by atoms with Crippen molar-refractivity contribution in [3.05, 3.63) is 30.1 Å². The van der Waals surface area contributed by atoms with E-state index in [1.807, 2.05) is 0 Å². The third-order valence-corrected chi connectivity index (χ3v) is 3.69. The average Bonchev–Trinajstić information content (AvgIpc) is 2.77. The molecule has 0 saturated carbocycles. The molecule has 1 unspecified atom stereocenters. The van der Waals surface area contributed by atoms with Crippen LogP contribution in [0.3, 0.4) is 0 Å². The third-order valence-electron chi connectivity index (χ3n) is 3.69. The first-order chi connectivity index (χ1) is 9.26. The van der Waals surface area contributed by atoms with Crippen LogP contribution in [-0.4, -0.2) is 15.6 Å². The van der Waals surface area contributed by atoms with Crippen LogP contribution in [0.2, 0.25) is 0 Å². The van der Waals surface area contributed by atoms with Crippen LogP contribution >= 0.6 is 0 Å². The second-order valence-corrected chi connectivity index (χ2v) is 5.23. The van der Waals surface area contributed by atoms with E-state index in [2.05, 4.69) is 42.7 Å². The number of fused-ring (bicyclic) bond motifs is 1. The smallest absolute Gasteiger partial charge is 0.109 e. The lowest BCUT2D eigenvalue weighted by molar-refractivity contribution is 0.521. The SMILES string of the molecule is CCCc1nc2ccccc2n1CCCC(N)CC. The number of nitrogens with two attached hydrogens (primary N) is 1. The van der Waals surface area contributed by atoms with Crippen LogP contribution in [0.1, 0.15) is 45.4 Å². The molecule has 1 aromatic carbocycles. The van der Waals surface area contributed by atoms with Gasteiger partial charge in [-0.15, -0.1) is 0 Å². The van der Waals surface area contributed by atoms with Gasteiger partial charge in [-0.05, 0) is 37.8 Å². The number of aryl methyl sites for hydroxylation is 2. The molecule has 0 aliphatic rings. The molecule has 0 radical (unpaired) electrons. The first-order valence-corrected chi connectivity index (χ1v) is 7.46. The zero-order chi connectivity index (χ0) is 13.7. The summed E-state index contributed by atoms with van der Waals surface area (Å²) in [5.41, 5.74) is 8.37. The average molecular weight is 259 g/mol. The van der Waals surface area contributed by atoms with Gasteiger partial charge >= 0.3 is 0 Å². The predicted octanol–water partition coefficient (Wildman–Crippen LogP) is 3.51. The monoisotopic (exact) mass is 259 g/mol. The van der Waals surface area contributed by atoms with E-state index >= 15 is 0 Å². The van der Waals surface area contributed by atoms with Crippen LogP contribution in [-0.2, 0) is 13.0 Å². The molecular formula is C16H25N3. The largest absolute Gasteiger partial charge is 0.328 e. The minimum atomic E-state index is 0.337. The summed E-state index contributed by atoms with van der Waals surface area (Å²) in [6, 6.07) is 8.75. The Hall–Kier alpha value is -1.35. The molecule has 2 rings (SSSR count). The van der Waals surface area contributed by atoms with E-state index < -0.39 is 0 Å². The molecule has 2 N–H and O–H groups in total. The van der Waals surface area contributed by atoms with Crippen molar-refractivity contribution in [2.24, 2.45) is 5.73 Å². The van der Waals surface area contributed by atoms with Gasteiger partial charge in [0, 0.05) is 19.0 Å². The molecule has 0 saturated heterocycles. The van der Waals surface area contributed by atoms with Gasteiger partial charge in [-0.3, -0.25) is 0 Å². The number of hydrogen-bond acceptors (Lipinski definition) is 2. The second-order valence-electron chi connectivity index (χ2n) is 5.23. The molecule has 1 aromatic heterocycles. The van der Waals surface area contributed by atoms with Crippen LogP contribution in [0.15, 0.2) is 24.3 Å². The molecule has 0 spiro atoms. The lowest BCUT2D eigenvalue weighted by Crippen LogP contribution is -2.19. The Balaban J connectivity index is 2.16. The zero-order valence-corrected chi connectivity index (χ0v) is 12.1. The topological polar surface area (TPSA) is 43.8 Å². The molecule has 104 valence electrons. The van der Waals surface area contributed by atoms with Gasteiger partial charge in [0.05, 0.1) is 11.0 Å². The minimum Gasteiger partial charge on any atom is -0.328 e. The van der Waals surface area contributed by atoms with Crippen LogP contribution in [0, 0.1) is 0 Å². The molecule has 3 nitrogen and oxygen atoms in total. The highest BCUT2D eigenvalue weighted by Gasteiger charge is 2.09.